The highest BCUT2D eigenvalue weighted by Gasteiger charge is 2.18. The number of carbonyl (C=O) groups is 1. The summed E-state index contributed by atoms with van der Waals surface area (Å²) in [5.74, 6) is 0.0473. The lowest BCUT2D eigenvalue weighted by molar-refractivity contribution is -0.124. The van der Waals surface area contributed by atoms with E-state index < -0.39 is 0 Å². The normalized spacial score (nSPS) is 12.2. The third-order valence-electron chi connectivity index (χ3n) is 3.35. The number of aryl methyl sites for hydroxylation is 1. The third-order valence-corrected chi connectivity index (χ3v) is 3.35. The molecule has 2 heteroatoms. The first-order valence-electron chi connectivity index (χ1n) is 7.00. The molecule has 0 aromatic heterocycles. The van der Waals surface area contributed by atoms with Crippen molar-refractivity contribution < 1.29 is 4.79 Å². The average molecular weight is 267 g/mol. The van der Waals surface area contributed by atoms with Crippen molar-refractivity contribution in [1.29, 1.82) is 0 Å². The zero-order chi connectivity index (χ0) is 14.5. The Morgan fingerprint density at radius 1 is 0.900 bits per heavy atom. The fourth-order valence-corrected chi connectivity index (χ4v) is 2.07. The third kappa shape index (κ3) is 3.47. The minimum atomic E-state index is -0.0910. The minimum absolute atomic E-state index is 0.0216. The molecule has 0 aliphatic rings. The van der Waals surface area contributed by atoms with Crippen LogP contribution < -0.4 is 5.32 Å². The van der Waals surface area contributed by atoms with E-state index in [0.29, 0.717) is 0 Å². The summed E-state index contributed by atoms with van der Waals surface area (Å²) >= 11 is 0. The maximum atomic E-state index is 12.1. The van der Waals surface area contributed by atoms with Crippen LogP contribution in [0.3, 0.4) is 0 Å². The van der Waals surface area contributed by atoms with Crippen LogP contribution in [0.1, 0.15) is 36.6 Å². The second-order valence-corrected chi connectivity index (χ2v) is 5.42. The highest BCUT2D eigenvalue weighted by atomic mass is 16.1. The Labute approximate surface area is 120 Å². The van der Waals surface area contributed by atoms with Gasteiger partial charge in [0.05, 0.1) is 6.04 Å². The predicted molar refractivity (Wildman–Crippen MR) is 82.4 cm³/mol. The van der Waals surface area contributed by atoms with Crippen molar-refractivity contribution in [2.24, 2.45) is 5.92 Å². The lowest BCUT2D eigenvalue weighted by Crippen LogP contribution is -2.32. The SMILES string of the molecule is Cc1ccc([C@H](NC(=O)C(C)C)c2ccccc2)cc1. The molecular weight excluding hydrogens is 246 g/mol. The molecule has 0 radical (unpaired) electrons. The van der Waals surface area contributed by atoms with Gasteiger partial charge in [-0.3, -0.25) is 4.79 Å². The molecule has 1 amide bonds. The second kappa shape index (κ2) is 6.38. The molecule has 20 heavy (non-hydrogen) atoms. The van der Waals surface area contributed by atoms with Crippen LogP contribution in [0.15, 0.2) is 54.6 Å². The van der Waals surface area contributed by atoms with Gasteiger partial charge in [0.1, 0.15) is 0 Å². The van der Waals surface area contributed by atoms with Gasteiger partial charge in [-0.1, -0.05) is 74.0 Å². The summed E-state index contributed by atoms with van der Waals surface area (Å²) in [5.41, 5.74) is 3.43. The smallest absolute Gasteiger partial charge is 0.223 e. The number of hydrogen-bond acceptors (Lipinski definition) is 1. The molecule has 0 spiro atoms. The van der Waals surface area contributed by atoms with Crippen molar-refractivity contribution in [1.82, 2.24) is 5.32 Å². The number of nitrogens with one attached hydrogen (secondary N) is 1. The van der Waals surface area contributed by atoms with E-state index in [1.54, 1.807) is 0 Å². The van der Waals surface area contributed by atoms with E-state index in [1.165, 1.54) is 5.56 Å². The van der Waals surface area contributed by atoms with Gasteiger partial charge in [-0.15, -0.1) is 0 Å². The summed E-state index contributed by atoms with van der Waals surface area (Å²) < 4.78 is 0. The zero-order valence-electron chi connectivity index (χ0n) is 12.3. The molecule has 0 bridgehead atoms. The van der Waals surface area contributed by atoms with Gasteiger partial charge in [-0.2, -0.15) is 0 Å². The number of benzene rings is 2. The summed E-state index contributed by atoms with van der Waals surface area (Å²) in [5, 5.41) is 3.13. The summed E-state index contributed by atoms with van der Waals surface area (Å²) in [6.07, 6.45) is 0. The first-order chi connectivity index (χ1) is 9.58. The predicted octanol–water partition coefficient (Wildman–Crippen LogP) is 3.86. The number of carbonyl (C=O) groups excluding carboxylic acids is 1. The van der Waals surface area contributed by atoms with Crippen molar-refractivity contribution in [3.05, 3.63) is 71.3 Å². The van der Waals surface area contributed by atoms with Gasteiger partial charge in [0.25, 0.3) is 0 Å². The monoisotopic (exact) mass is 267 g/mol. The van der Waals surface area contributed by atoms with Crippen LogP contribution in [0.5, 0.6) is 0 Å². The van der Waals surface area contributed by atoms with E-state index in [1.807, 2.05) is 44.2 Å². The number of rotatable bonds is 4. The van der Waals surface area contributed by atoms with Crippen LogP contribution in [0, 0.1) is 12.8 Å². The summed E-state index contributed by atoms with van der Waals surface area (Å²) in [7, 11) is 0. The Bertz CT molecular complexity index is 558. The van der Waals surface area contributed by atoms with Crippen LogP contribution >= 0.6 is 0 Å². The summed E-state index contributed by atoms with van der Waals surface area (Å²) in [4.78, 5) is 12.1. The van der Waals surface area contributed by atoms with E-state index >= 15 is 0 Å². The van der Waals surface area contributed by atoms with Crippen LogP contribution in [0.2, 0.25) is 0 Å². The van der Waals surface area contributed by atoms with Crippen LogP contribution in [-0.4, -0.2) is 5.91 Å². The molecule has 0 saturated carbocycles. The van der Waals surface area contributed by atoms with Crippen molar-refractivity contribution in [2.75, 3.05) is 0 Å². The number of amides is 1. The average Bonchev–Trinajstić information content (AvgIpc) is 2.46. The minimum Gasteiger partial charge on any atom is -0.345 e. The van der Waals surface area contributed by atoms with Gasteiger partial charge in [0.2, 0.25) is 5.91 Å². The van der Waals surface area contributed by atoms with Gasteiger partial charge in [0.15, 0.2) is 0 Å². The molecule has 104 valence electrons. The molecule has 2 aromatic rings. The number of hydrogen-bond donors (Lipinski definition) is 1. The quantitative estimate of drug-likeness (QED) is 0.895. The lowest BCUT2D eigenvalue weighted by Gasteiger charge is -2.21. The summed E-state index contributed by atoms with van der Waals surface area (Å²) in [6.45, 7) is 5.88. The van der Waals surface area contributed by atoms with Crippen LogP contribution in [0.4, 0.5) is 0 Å². The van der Waals surface area contributed by atoms with Crippen molar-refractivity contribution in [3.63, 3.8) is 0 Å². The Morgan fingerprint density at radius 3 is 2.00 bits per heavy atom. The molecule has 2 nitrogen and oxygen atoms in total. The largest absolute Gasteiger partial charge is 0.345 e. The molecular formula is C18H21NO. The van der Waals surface area contributed by atoms with E-state index in [4.69, 9.17) is 0 Å². The van der Waals surface area contributed by atoms with E-state index in [-0.39, 0.29) is 17.9 Å². The maximum Gasteiger partial charge on any atom is 0.223 e. The zero-order valence-corrected chi connectivity index (χ0v) is 12.3. The van der Waals surface area contributed by atoms with E-state index in [2.05, 4.69) is 36.5 Å². The first-order valence-corrected chi connectivity index (χ1v) is 7.00. The van der Waals surface area contributed by atoms with Crippen molar-refractivity contribution in [2.45, 2.75) is 26.8 Å². The Hall–Kier alpha value is -2.09. The molecule has 0 aliphatic heterocycles. The Kier molecular flexibility index (Phi) is 4.57. The Morgan fingerprint density at radius 2 is 1.45 bits per heavy atom. The van der Waals surface area contributed by atoms with Crippen LogP contribution in [0.25, 0.3) is 0 Å². The molecule has 0 fully saturated rings. The molecule has 0 unspecified atom stereocenters. The van der Waals surface area contributed by atoms with Gasteiger partial charge >= 0.3 is 0 Å². The highest BCUT2D eigenvalue weighted by molar-refractivity contribution is 5.78. The van der Waals surface area contributed by atoms with Crippen molar-refractivity contribution >= 4 is 5.91 Å². The molecule has 0 heterocycles. The summed E-state index contributed by atoms with van der Waals surface area (Å²) in [6, 6.07) is 18.3. The van der Waals surface area contributed by atoms with Gasteiger partial charge in [-0.25, -0.2) is 0 Å². The second-order valence-electron chi connectivity index (χ2n) is 5.42. The lowest BCUT2D eigenvalue weighted by atomic mass is 9.97. The molecule has 1 atom stereocenters. The molecule has 2 rings (SSSR count). The van der Waals surface area contributed by atoms with Gasteiger partial charge < -0.3 is 5.32 Å². The standard InChI is InChI=1S/C18H21NO/c1-13(2)18(20)19-17(15-7-5-4-6-8-15)16-11-9-14(3)10-12-16/h4-13,17H,1-3H3,(H,19,20)/t17-/m1/s1. The molecule has 2 aromatic carbocycles. The maximum absolute atomic E-state index is 12.1. The van der Waals surface area contributed by atoms with Crippen molar-refractivity contribution in [3.8, 4) is 0 Å². The fourth-order valence-electron chi connectivity index (χ4n) is 2.07. The van der Waals surface area contributed by atoms with Gasteiger partial charge in [0, 0.05) is 5.92 Å². The van der Waals surface area contributed by atoms with E-state index in [0.717, 1.165) is 11.1 Å². The van der Waals surface area contributed by atoms with Gasteiger partial charge in [-0.05, 0) is 18.1 Å². The topological polar surface area (TPSA) is 29.1 Å². The van der Waals surface area contributed by atoms with Crippen LogP contribution in [-0.2, 0) is 4.79 Å². The Balaban J connectivity index is 2.34. The molecule has 0 aliphatic carbocycles. The first kappa shape index (κ1) is 14.3. The highest BCUT2D eigenvalue weighted by Crippen LogP contribution is 2.22. The van der Waals surface area contributed by atoms with E-state index in [9.17, 15) is 4.79 Å². The molecule has 0 saturated heterocycles. The molecule has 1 N–H and O–H groups in total. The fraction of sp³-hybridized carbons (Fsp3) is 0.278.